The Bertz CT molecular complexity index is 831. The van der Waals surface area contributed by atoms with E-state index < -0.39 is 0 Å². The zero-order valence-electron chi connectivity index (χ0n) is 14.6. The van der Waals surface area contributed by atoms with Crippen LogP contribution in [0.4, 0.5) is 11.4 Å². The summed E-state index contributed by atoms with van der Waals surface area (Å²) >= 11 is 0. The van der Waals surface area contributed by atoms with Crippen molar-refractivity contribution in [2.75, 3.05) is 24.3 Å². The van der Waals surface area contributed by atoms with Gasteiger partial charge >= 0.3 is 0 Å². The third-order valence-electron chi connectivity index (χ3n) is 4.41. The van der Waals surface area contributed by atoms with Gasteiger partial charge in [-0.3, -0.25) is 9.59 Å². The predicted molar refractivity (Wildman–Crippen MR) is 97.2 cm³/mol. The predicted octanol–water partition coefficient (Wildman–Crippen LogP) is 3.12. The minimum Gasteiger partial charge on any atom is -0.378 e. The number of aryl methyl sites for hydroxylation is 2. The Morgan fingerprint density at radius 2 is 1.79 bits per heavy atom. The number of nitrogens with zero attached hydrogens (tertiary/aromatic N) is 2. The SMILES string of the molecule is Cc1cc(C)n(C2CC2)c(=O)c1C(=O)Nc1ccc(N(C)C)cc1. The van der Waals surface area contributed by atoms with Crippen LogP contribution >= 0.6 is 0 Å². The number of nitrogens with one attached hydrogen (secondary N) is 1. The Labute approximate surface area is 141 Å². The van der Waals surface area contributed by atoms with Gasteiger partial charge < -0.3 is 14.8 Å². The molecule has 1 heterocycles. The van der Waals surface area contributed by atoms with Crippen molar-refractivity contribution in [3.63, 3.8) is 0 Å². The Balaban J connectivity index is 1.90. The maximum atomic E-state index is 12.8. The van der Waals surface area contributed by atoms with Crippen LogP contribution in [0.2, 0.25) is 0 Å². The molecule has 126 valence electrons. The van der Waals surface area contributed by atoms with E-state index in [4.69, 9.17) is 0 Å². The van der Waals surface area contributed by atoms with Crippen molar-refractivity contribution in [3.05, 3.63) is 57.5 Å². The summed E-state index contributed by atoms with van der Waals surface area (Å²) in [4.78, 5) is 27.4. The fourth-order valence-electron chi connectivity index (χ4n) is 3.00. The molecule has 0 spiro atoms. The van der Waals surface area contributed by atoms with E-state index in [1.807, 2.05) is 63.2 Å². The Hall–Kier alpha value is -2.56. The number of benzene rings is 1. The van der Waals surface area contributed by atoms with Crippen LogP contribution in [0.25, 0.3) is 0 Å². The van der Waals surface area contributed by atoms with Gasteiger partial charge in [0, 0.05) is 37.2 Å². The molecule has 0 radical (unpaired) electrons. The number of rotatable bonds is 4. The molecule has 1 N–H and O–H groups in total. The van der Waals surface area contributed by atoms with Gasteiger partial charge in [0.15, 0.2) is 0 Å². The maximum absolute atomic E-state index is 12.8. The average molecular weight is 325 g/mol. The van der Waals surface area contributed by atoms with Gasteiger partial charge in [0.2, 0.25) is 0 Å². The third kappa shape index (κ3) is 3.07. The number of carbonyl (C=O) groups is 1. The molecule has 1 aromatic carbocycles. The van der Waals surface area contributed by atoms with Gasteiger partial charge in [0.25, 0.3) is 11.5 Å². The van der Waals surface area contributed by atoms with Gasteiger partial charge in [-0.1, -0.05) is 0 Å². The lowest BCUT2D eigenvalue weighted by molar-refractivity contribution is 0.102. The van der Waals surface area contributed by atoms with E-state index in [0.717, 1.165) is 29.8 Å². The van der Waals surface area contributed by atoms with E-state index in [9.17, 15) is 9.59 Å². The van der Waals surface area contributed by atoms with Gasteiger partial charge in [-0.25, -0.2) is 0 Å². The second-order valence-electron chi connectivity index (χ2n) is 6.65. The molecule has 1 aromatic heterocycles. The Kier molecular flexibility index (Phi) is 4.18. The molecular formula is C19H23N3O2. The molecule has 5 nitrogen and oxygen atoms in total. The molecule has 1 saturated carbocycles. The van der Waals surface area contributed by atoms with E-state index in [0.29, 0.717) is 5.69 Å². The molecule has 1 aliphatic rings. The van der Waals surface area contributed by atoms with Crippen LogP contribution in [0.1, 0.15) is 40.5 Å². The van der Waals surface area contributed by atoms with Crippen LogP contribution in [0.3, 0.4) is 0 Å². The van der Waals surface area contributed by atoms with Crippen molar-refractivity contribution in [2.45, 2.75) is 32.7 Å². The molecule has 3 rings (SSSR count). The summed E-state index contributed by atoms with van der Waals surface area (Å²) < 4.78 is 1.76. The van der Waals surface area contributed by atoms with Crippen molar-refractivity contribution in [2.24, 2.45) is 0 Å². The molecular weight excluding hydrogens is 302 g/mol. The van der Waals surface area contributed by atoms with E-state index in [-0.39, 0.29) is 23.1 Å². The topological polar surface area (TPSA) is 54.3 Å². The van der Waals surface area contributed by atoms with Crippen LogP contribution in [-0.4, -0.2) is 24.6 Å². The summed E-state index contributed by atoms with van der Waals surface area (Å²) in [5, 5.41) is 2.84. The molecule has 5 heteroatoms. The lowest BCUT2D eigenvalue weighted by Crippen LogP contribution is -2.31. The molecule has 24 heavy (non-hydrogen) atoms. The molecule has 2 aromatic rings. The highest BCUT2D eigenvalue weighted by Gasteiger charge is 2.28. The number of pyridine rings is 1. The number of carbonyl (C=O) groups excluding carboxylic acids is 1. The summed E-state index contributed by atoms with van der Waals surface area (Å²) in [6, 6.07) is 9.72. The molecule has 1 amide bonds. The highest BCUT2D eigenvalue weighted by atomic mass is 16.2. The van der Waals surface area contributed by atoms with Crippen LogP contribution in [0.5, 0.6) is 0 Å². The number of aromatic nitrogens is 1. The lowest BCUT2D eigenvalue weighted by atomic mass is 10.1. The van der Waals surface area contributed by atoms with Crippen molar-refractivity contribution >= 4 is 17.3 Å². The zero-order valence-corrected chi connectivity index (χ0v) is 14.6. The first kappa shape index (κ1) is 16.3. The first-order valence-electron chi connectivity index (χ1n) is 8.20. The normalized spacial score (nSPS) is 13.7. The van der Waals surface area contributed by atoms with Gasteiger partial charge in [0.05, 0.1) is 0 Å². The molecule has 0 aliphatic heterocycles. The largest absolute Gasteiger partial charge is 0.378 e. The minimum absolute atomic E-state index is 0.183. The van der Waals surface area contributed by atoms with E-state index in [1.54, 1.807) is 4.57 Å². The summed E-state index contributed by atoms with van der Waals surface area (Å²) in [7, 11) is 3.92. The smallest absolute Gasteiger partial charge is 0.264 e. The summed E-state index contributed by atoms with van der Waals surface area (Å²) in [6.07, 6.45) is 2.02. The van der Waals surface area contributed by atoms with Gasteiger partial charge in [-0.15, -0.1) is 0 Å². The fourth-order valence-corrected chi connectivity index (χ4v) is 3.00. The standard InChI is InChI=1S/C19H23N3O2/c1-12-11-13(2)22(16-9-10-16)19(24)17(12)18(23)20-14-5-7-15(8-6-14)21(3)4/h5-8,11,16H,9-10H2,1-4H3,(H,20,23). The first-order chi connectivity index (χ1) is 11.4. The summed E-state index contributed by atoms with van der Waals surface area (Å²) in [6.45, 7) is 3.74. The van der Waals surface area contributed by atoms with Gasteiger partial charge in [-0.2, -0.15) is 0 Å². The van der Waals surface area contributed by atoms with Crippen LogP contribution < -0.4 is 15.8 Å². The highest BCUT2D eigenvalue weighted by molar-refractivity contribution is 6.05. The van der Waals surface area contributed by atoms with Crippen LogP contribution in [0.15, 0.2) is 35.1 Å². The quantitative estimate of drug-likeness (QED) is 0.940. The minimum atomic E-state index is -0.343. The van der Waals surface area contributed by atoms with E-state index in [1.165, 1.54) is 0 Å². The molecule has 0 unspecified atom stereocenters. The van der Waals surface area contributed by atoms with E-state index >= 15 is 0 Å². The second kappa shape index (κ2) is 6.15. The molecule has 1 aliphatic carbocycles. The van der Waals surface area contributed by atoms with Crippen molar-refractivity contribution in [1.82, 2.24) is 4.57 Å². The molecule has 0 bridgehead atoms. The molecule has 1 fully saturated rings. The average Bonchev–Trinajstić information content (AvgIpc) is 3.31. The summed E-state index contributed by atoms with van der Waals surface area (Å²) in [5.41, 5.74) is 3.43. The number of hydrogen-bond acceptors (Lipinski definition) is 3. The maximum Gasteiger partial charge on any atom is 0.264 e. The van der Waals surface area contributed by atoms with Crippen molar-refractivity contribution in [3.8, 4) is 0 Å². The molecule has 0 saturated heterocycles. The fraction of sp³-hybridized carbons (Fsp3) is 0.368. The lowest BCUT2D eigenvalue weighted by Gasteiger charge is -2.15. The Morgan fingerprint density at radius 1 is 1.17 bits per heavy atom. The van der Waals surface area contributed by atoms with Gasteiger partial charge in [-0.05, 0) is 62.6 Å². The van der Waals surface area contributed by atoms with Crippen molar-refractivity contribution < 1.29 is 4.79 Å². The van der Waals surface area contributed by atoms with Crippen LogP contribution in [-0.2, 0) is 0 Å². The van der Waals surface area contributed by atoms with Crippen LogP contribution in [0, 0.1) is 13.8 Å². The summed E-state index contributed by atoms with van der Waals surface area (Å²) in [5.74, 6) is -0.343. The zero-order chi connectivity index (χ0) is 17.4. The Morgan fingerprint density at radius 3 is 2.33 bits per heavy atom. The monoisotopic (exact) mass is 325 g/mol. The van der Waals surface area contributed by atoms with Gasteiger partial charge in [0.1, 0.15) is 5.56 Å². The second-order valence-corrected chi connectivity index (χ2v) is 6.65. The number of anilines is 2. The molecule has 0 atom stereocenters. The number of hydrogen-bond donors (Lipinski definition) is 1. The highest BCUT2D eigenvalue weighted by Crippen LogP contribution is 2.34. The first-order valence-corrected chi connectivity index (χ1v) is 8.20. The van der Waals surface area contributed by atoms with Crippen molar-refractivity contribution in [1.29, 1.82) is 0 Å². The number of amides is 1. The van der Waals surface area contributed by atoms with E-state index in [2.05, 4.69) is 5.32 Å². The third-order valence-corrected chi connectivity index (χ3v) is 4.41.